The predicted molar refractivity (Wildman–Crippen MR) is 83.3 cm³/mol. The zero-order valence-electron chi connectivity index (χ0n) is 12.1. The number of nitro groups is 1. The molecule has 0 aliphatic carbocycles. The van der Waals surface area contributed by atoms with Crippen molar-refractivity contribution in [3.05, 3.63) is 64.2 Å². The van der Waals surface area contributed by atoms with E-state index in [1.165, 1.54) is 18.2 Å². The van der Waals surface area contributed by atoms with E-state index < -0.39 is 10.8 Å². The highest BCUT2D eigenvalue weighted by molar-refractivity contribution is 6.07. The maximum atomic E-state index is 12.3. The lowest BCUT2D eigenvalue weighted by molar-refractivity contribution is -0.385. The van der Waals surface area contributed by atoms with E-state index in [2.05, 4.69) is 5.32 Å². The lowest BCUT2D eigenvalue weighted by atomic mass is 10.1. The number of rotatable bonds is 6. The van der Waals surface area contributed by atoms with E-state index in [0.717, 1.165) is 6.42 Å². The molecule has 2 rings (SSSR count). The van der Waals surface area contributed by atoms with Crippen molar-refractivity contribution in [3.63, 3.8) is 0 Å². The van der Waals surface area contributed by atoms with Crippen LogP contribution in [0.25, 0.3) is 0 Å². The van der Waals surface area contributed by atoms with Crippen molar-refractivity contribution >= 4 is 17.3 Å². The molecule has 0 radical (unpaired) electrons. The number of nitrogens with zero attached hydrogens (tertiary/aromatic N) is 1. The van der Waals surface area contributed by atoms with Gasteiger partial charge in [-0.25, -0.2) is 0 Å². The first-order valence-electron chi connectivity index (χ1n) is 6.90. The molecule has 0 saturated carbocycles. The highest BCUT2D eigenvalue weighted by atomic mass is 16.6. The van der Waals surface area contributed by atoms with Crippen molar-refractivity contribution in [2.45, 2.75) is 13.3 Å². The second-order valence-electron chi connectivity index (χ2n) is 4.57. The lowest BCUT2D eigenvalue weighted by Crippen LogP contribution is -2.14. The summed E-state index contributed by atoms with van der Waals surface area (Å²) in [5.41, 5.74) is 0.267. The SMILES string of the molecule is CCCOc1ccccc1NC(=O)c1ccccc1[N+](=O)[O-]. The van der Waals surface area contributed by atoms with Gasteiger partial charge in [-0.15, -0.1) is 0 Å². The Balaban J connectivity index is 2.25. The molecule has 0 saturated heterocycles. The fourth-order valence-corrected chi connectivity index (χ4v) is 1.92. The quantitative estimate of drug-likeness (QED) is 0.652. The Kier molecular flexibility index (Phi) is 5.08. The van der Waals surface area contributed by atoms with Crippen molar-refractivity contribution in [3.8, 4) is 5.75 Å². The molecular formula is C16H16N2O4. The molecule has 2 aromatic carbocycles. The normalized spacial score (nSPS) is 10.0. The molecule has 6 nitrogen and oxygen atoms in total. The van der Waals surface area contributed by atoms with Crippen LogP contribution >= 0.6 is 0 Å². The molecular weight excluding hydrogens is 284 g/mol. The minimum Gasteiger partial charge on any atom is -0.491 e. The molecule has 0 aromatic heterocycles. The van der Waals surface area contributed by atoms with Gasteiger partial charge in [-0.1, -0.05) is 31.2 Å². The number of carbonyl (C=O) groups excluding carboxylic acids is 1. The average Bonchev–Trinajstić information content (AvgIpc) is 2.54. The van der Waals surface area contributed by atoms with Crippen molar-refractivity contribution in [1.82, 2.24) is 0 Å². The number of hydrogen-bond acceptors (Lipinski definition) is 4. The number of anilines is 1. The van der Waals surface area contributed by atoms with Gasteiger partial charge >= 0.3 is 0 Å². The number of nitrogens with one attached hydrogen (secondary N) is 1. The standard InChI is InChI=1S/C16H16N2O4/c1-2-11-22-15-10-6-4-8-13(15)17-16(19)12-7-3-5-9-14(12)18(20)21/h3-10H,2,11H2,1H3,(H,17,19). The Morgan fingerprint density at radius 3 is 2.59 bits per heavy atom. The first-order valence-corrected chi connectivity index (χ1v) is 6.90. The van der Waals surface area contributed by atoms with Crippen LogP contribution in [0.1, 0.15) is 23.7 Å². The molecule has 0 fully saturated rings. The van der Waals surface area contributed by atoms with Crippen molar-refractivity contribution < 1.29 is 14.5 Å². The number of hydrogen-bond donors (Lipinski definition) is 1. The zero-order chi connectivity index (χ0) is 15.9. The highest BCUT2D eigenvalue weighted by Gasteiger charge is 2.20. The van der Waals surface area contributed by atoms with E-state index in [1.807, 2.05) is 6.92 Å². The van der Waals surface area contributed by atoms with E-state index in [0.29, 0.717) is 18.0 Å². The maximum Gasteiger partial charge on any atom is 0.282 e. The van der Waals surface area contributed by atoms with Crippen molar-refractivity contribution in [1.29, 1.82) is 0 Å². The van der Waals surface area contributed by atoms with E-state index >= 15 is 0 Å². The van der Waals surface area contributed by atoms with Crippen LogP contribution in [0.5, 0.6) is 5.75 Å². The summed E-state index contributed by atoms with van der Waals surface area (Å²) in [4.78, 5) is 22.7. The number of para-hydroxylation sites is 3. The third kappa shape index (κ3) is 3.60. The lowest BCUT2D eigenvalue weighted by Gasteiger charge is -2.12. The average molecular weight is 300 g/mol. The monoisotopic (exact) mass is 300 g/mol. The van der Waals surface area contributed by atoms with Crippen LogP contribution in [0.3, 0.4) is 0 Å². The largest absolute Gasteiger partial charge is 0.491 e. The first-order chi connectivity index (χ1) is 10.6. The molecule has 0 bridgehead atoms. The van der Waals surface area contributed by atoms with Gasteiger partial charge in [0.25, 0.3) is 11.6 Å². The van der Waals surface area contributed by atoms with E-state index in [9.17, 15) is 14.9 Å². The number of ether oxygens (including phenoxy) is 1. The molecule has 22 heavy (non-hydrogen) atoms. The van der Waals surface area contributed by atoms with Gasteiger partial charge in [0.2, 0.25) is 0 Å². The Labute approximate surface area is 127 Å². The smallest absolute Gasteiger partial charge is 0.282 e. The third-order valence-corrected chi connectivity index (χ3v) is 2.94. The molecule has 0 aliphatic rings. The van der Waals surface area contributed by atoms with Gasteiger partial charge in [0.1, 0.15) is 11.3 Å². The molecule has 2 aromatic rings. The van der Waals surface area contributed by atoms with Crippen molar-refractivity contribution in [2.75, 3.05) is 11.9 Å². The minimum absolute atomic E-state index is 0.0118. The van der Waals surface area contributed by atoms with E-state index in [4.69, 9.17) is 4.74 Å². The first kappa shape index (κ1) is 15.5. The molecule has 0 atom stereocenters. The van der Waals surface area contributed by atoms with Gasteiger partial charge in [0.05, 0.1) is 17.2 Å². The highest BCUT2D eigenvalue weighted by Crippen LogP contribution is 2.26. The maximum absolute atomic E-state index is 12.3. The summed E-state index contributed by atoms with van der Waals surface area (Å²) in [5, 5.41) is 13.7. The Hall–Kier alpha value is -2.89. The number of nitro benzene ring substituents is 1. The second-order valence-corrected chi connectivity index (χ2v) is 4.57. The summed E-state index contributed by atoms with van der Waals surface area (Å²) in [6.45, 7) is 2.51. The number of amides is 1. The molecule has 0 unspecified atom stereocenters. The fraction of sp³-hybridized carbons (Fsp3) is 0.188. The van der Waals surface area contributed by atoms with Crippen LogP contribution in [0.15, 0.2) is 48.5 Å². The van der Waals surface area contributed by atoms with Gasteiger partial charge < -0.3 is 10.1 Å². The Morgan fingerprint density at radius 1 is 1.18 bits per heavy atom. The Morgan fingerprint density at radius 2 is 1.86 bits per heavy atom. The van der Waals surface area contributed by atoms with Crippen LogP contribution in [0, 0.1) is 10.1 Å². The summed E-state index contributed by atoms with van der Waals surface area (Å²) >= 11 is 0. The molecule has 1 amide bonds. The number of benzene rings is 2. The topological polar surface area (TPSA) is 81.5 Å². The molecule has 1 N–H and O–H groups in total. The van der Waals surface area contributed by atoms with Gasteiger partial charge in [-0.05, 0) is 24.6 Å². The second kappa shape index (κ2) is 7.21. The molecule has 6 heteroatoms. The fourth-order valence-electron chi connectivity index (χ4n) is 1.92. The number of carbonyl (C=O) groups is 1. The van der Waals surface area contributed by atoms with Gasteiger partial charge in [-0.2, -0.15) is 0 Å². The minimum atomic E-state index is -0.575. The van der Waals surface area contributed by atoms with Crippen LogP contribution < -0.4 is 10.1 Å². The van der Waals surface area contributed by atoms with Crippen LogP contribution in [0.4, 0.5) is 11.4 Å². The summed E-state index contributed by atoms with van der Waals surface area (Å²) in [7, 11) is 0. The van der Waals surface area contributed by atoms with Crippen molar-refractivity contribution in [2.24, 2.45) is 0 Å². The van der Waals surface area contributed by atoms with E-state index in [1.54, 1.807) is 30.3 Å². The molecule has 114 valence electrons. The summed E-state index contributed by atoms with van der Waals surface area (Å²) in [6.07, 6.45) is 0.840. The van der Waals surface area contributed by atoms with Gasteiger partial charge in [-0.3, -0.25) is 14.9 Å². The van der Waals surface area contributed by atoms with Crippen LogP contribution in [-0.2, 0) is 0 Å². The van der Waals surface area contributed by atoms with Gasteiger partial charge in [0, 0.05) is 6.07 Å². The summed E-state index contributed by atoms with van der Waals surface area (Å²) in [5.74, 6) is -0.00358. The predicted octanol–water partition coefficient (Wildman–Crippen LogP) is 3.64. The molecule has 0 aliphatic heterocycles. The zero-order valence-corrected chi connectivity index (χ0v) is 12.1. The van der Waals surface area contributed by atoms with Crippen LogP contribution in [0.2, 0.25) is 0 Å². The molecule has 0 heterocycles. The van der Waals surface area contributed by atoms with Gasteiger partial charge in [0.15, 0.2) is 0 Å². The summed E-state index contributed by atoms with van der Waals surface area (Å²) in [6, 6.07) is 12.8. The third-order valence-electron chi connectivity index (χ3n) is 2.94. The molecule has 0 spiro atoms. The van der Waals surface area contributed by atoms with Crippen LogP contribution in [-0.4, -0.2) is 17.4 Å². The Bertz CT molecular complexity index is 685. The summed E-state index contributed by atoms with van der Waals surface area (Å²) < 4.78 is 5.55. The van der Waals surface area contributed by atoms with E-state index in [-0.39, 0.29) is 11.3 Å².